The first-order valence-corrected chi connectivity index (χ1v) is 10.6. The van der Waals surface area contributed by atoms with Crippen LogP contribution in [0.25, 0.3) is 0 Å². The second kappa shape index (κ2) is 9.23. The molecule has 0 amide bonds. The van der Waals surface area contributed by atoms with Crippen LogP contribution in [-0.4, -0.2) is 24.5 Å². The van der Waals surface area contributed by atoms with Crippen LogP contribution in [0.2, 0.25) is 0 Å². The molecule has 0 unspecified atom stereocenters. The van der Waals surface area contributed by atoms with Gasteiger partial charge in [0.1, 0.15) is 11.9 Å². The van der Waals surface area contributed by atoms with Crippen LogP contribution in [0.15, 0.2) is 71.7 Å². The van der Waals surface area contributed by atoms with E-state index in [0.29, 0.717) is 18.8 Å². The highest BCUT2D eigenvalue weighted by atomic mass is 16.5. The Kier molecular flexibility index (Phi) is 6.23. The number of aromatic hydroxyl groups is 1. The van der Waals surface area contributed by atoms with Crippen molar-refractivity contribution in [3.8, 4) is 17.2 Å². The maximum absolute atomic E-state index is 10.9. The Bertz CT molecular complexity index is 1080. The van der Waals surface area contributed by atoms with Crippen molar-refractivity contribution in [1.29, 1.82) is 0 Å². The predicted octanol–water partition coefficient (Wildman–Crippen LogP) is 5.33. The average Bonchev–Trinajstić information content (AvgIpc) is 2.80. The number of phenols is 1. The molecule has 1 aliphatic heterocycles. The lowest BCUT2D eigenvalue weighted by atomic mass is 9.93. The van der Waals surface area contributed by atoms with Gasteiger partial charge in [0, 0.05) is 29.3 Å². The number of nitrogens with zero attached hydrogens (tertiary/aromatic N) is 1. The van der Waals surface area contributed by atoms with Crippen molar-refractivity contribution in [1.82, 2.24) is 5.32 Å². The number of rotatable bonds is 6. The molecule has 0 spiro atoms. The first-order chi connectivity index (χ1) is 15.1. The number of benzene rings is 3. The van der Waals surface area contributed by atoms with Crippen molar-refractivity contribution >= 4 is 5.71 Å². The van der Waals surface area contributed by atoms with Gasteiger partial charge in [-0.25, -0.2) is 0 Å². The molecule has 160 valence electrons. The maximum atomic E-state index is 10.9. The molecular weight excluding hydrogens is 388 g/mol. The highest BCUT2D eigenvalue weighted by Crippen LogP contribution is 2.40. The summed E-state index contributed by atoms with van der Waals surface area (Å²) < 4.78 is 11.2. The number of ether oxygens (including phenoxy) is 2. The van der Waals surface area contributed by atoms with Crippen LogP contribution in [0, 0.1) is 6.92 Å². The standard InChI is InChI=1S/C26H28N2O3/c1-4-31-24-11-7-9-19(25(24)29)22-16-21(18-14-12-17(2)13-15-18)27-26(28-22)20-8-5-6-10-23(20)30-3/h5-15,22,26,28-29H,4,16H2,1-3H3/t22-,26-/m1/s1. The number of hydrogen-bond donors (Lipinski definition) is 2. The molecular formula is C26H28N2O3. The molecule has 0 fully saturated rings. The summed E-state index contributed by atoms with van der Waals surface area (Å²) in [6, 6.07) is 21.8. The van der Waals surface area contributed by atoms with Gasteiger partial charge < -0.3 is 14.6 Å². The lowest BCUT2D eigenvalue weighted by Gasteiger charge is -2.31. The van der Waals surface area contributed by atoms with E-state index in [1.54, 1.807) is 13.2 Å². The predicted molar refractivity (Wildman–Crippen MR) is 123 cm³/mol. The number of aliphatic imine (C=N–C) groups is 1. The highest BCUT2D eigenvalue weighted by molar-refractivity contribution is 6.01. The summed E-state index contributed by atoms with van der Waals surface area (Å²) in [4.78, 5) is 5.04. The Balaban J connectivity index is 1.78. The summed E-state index contributed by atoms with van der Waals surface area (Å²) in [7, 11) is 1.67. The molecule has 0 bridgehead atoms. The van der Waals surface area contributed by atoms with Crippen molar-refractivity contribution in [3.63, 3.8) is 0 Å². The second-order valence-corrected chi connectivity index (χ2v) is 7.64. The van der Waals surface area contributed by atoms with E-state index in [1.807, 2.05) is 43.3 Å². The van der Waals surface area contributed by atoms with Gasteiger partial charge in [0.25, 0.3) is 0 Å². The van der Waals surface area contributed by atoms with Gasteiger partial charge in [-0.05, 0) is 31.5 Å². The van der Waals surface area contributed by atoms with Crippen LogP contribution in [0.5, 0.6) is 17.2 Å². The molecule has 1 heterocycles. The van der Waals surface area contributed by atoms with Crippen LogP contribution in [0.4, 0.5) is 0 Å². The topological polar surface area (TPSA) is 63.1 Å². The van der Waals surface area contributed by atoms with Crippen LogP contribution in [-0.2, 0) is 0 Å². The summed E-state index contributed by atoms with van der Waals surface area (Å²) in [6.07, 6.45) is 0.346. The van der Waals surface area contributed by atoms with Crippen molar-refractivity contribution in [2.45, 2.75) is 32.5 Å². The molecule has 2 atom stereocenters. The SMILES string of the molecule is CCOc1cccc([C@H]2CC(c3ccc(C)cc3)=N[C@@H](c3ccccc3OC)N2)c1O. The zero-order chi connectivity index (χ0) is 21.8. The van der Waals surface area contributed by atoms with E-state index in [0.717, 1.165) is 28.2 Å². The third-order valence-electron chi connectivity index (χ3n) is 5.57. The fourth-order valence-corrected chi connectivity index (χ4v) is 3.97. The van der Waals surface area contributed by atoms with Crippen LogP contribution in [0.3, 0.4) is 0 Å². The van der Waals surface area contributed by atoms with Gasteiger partial charge in [-0.2, -0.15) is 0 Å². The summed E-state index contributed by atoms with van der Waals surface area (Å²) in [5.74, 6) is 1.45. The smallest absolute Gasteiger partial charge is 0.162 e. The van der Waals surface area contributed by atoms with Crippen LogP contribution in [0.1, 0.15) is 47.8 Å². The van der Waals surface area contributed by atoms with E-state index in [9.17, 15) is 5.11 Å². The lowest BCUT2D eigenvalue weighted by molar-refractivity contribution is 0.313. The lowest BCUT2D eigenvalue weighted by Crippen LogP contribution is -2.33. The largest absolute Gasteiger partial charge is 0.504 e. The van der Waals surface area contributed by atoms with Gasteiger partial charge >= 0.3 is 0 Å². The van der Waals surface area contributed by atoms with E-state index in [-0.39, 0.29) is 18.0 Å². The molecule has 3 aromatic carbocycles. The summed E-state index contributed by atoms with van der Waals surface area (Å²) in [5.41, 5.74) is 5.03. The minimum absolute atomic E-state index is 0.135. The summed E-state index contributed by atoms with van der Waals surface area (Å²) >= 11 is 0. The van der Waals surface area contributed by atoms with Crippen molar-refractivity contribution in [2.75, 3.05) is 13.7 Å². The minimum atomic E-state index is -0.304. The molecule has 0 aromatic heterocycles. The number of hydrogen-bond acceptors (Lipinski definition) is 5. The summed E-state index contributed by atoms with van der Waals surface area (Å²) in [5, 5.41) is 14.5. The van der Waals surface area contributed by atoms with Crippen molar-refractivity contribution < 1.29 is 14.6 Å². The molecule has 0 saturated carbocycles. The molecule has 2 N–H and O–H groups in total. The van der Waals surface area contributed by atoms with Gasteiger partial charge in [-0.1, -0.05) is 60.2 Å². The van der Waals surface area contributed by atoms with Gasteiger partial charge in [0.15, 0.2) is 11.5 Å². The fourth-order valence-electron chi connectivity index (χ4n) is 3.97. The Morgan fingerprint density at radius 3 is 2.42 bits per heavy atom. The Morgan fingerprint density at radius 1 is 0.968 bits per heavy atom. The second-order valence-electron chi connectivity index (χ2n) is 7.64. The molecule has 31 heavy (non-hydrogen) atoms. The minimum Gasteiger partial charge on any atom is -0.504 e. The van der Waals surface area contributed by atoms with Crippen LogP contribution >= 0.6 is 0 Å². The third-order valence-corrected chi connectivity index (χ3v) is 5.57. The van der Waals surface area contributed by atoms with Crippen molar-refractivity contribution in [3.05, 3.63) is 89.0 Å². The Morgan fingerprint density at radius 2 is 1.68 bits per heavy atom. The third kappa shape index (κ3) is 4.42. The molecule has 4 rings (SSSR count). The number of nitrogens with one attached hydrogen (secondary N) is 1. The number of methoxy groups -OCH3 is 1. The monoisotopic (exact) mass is 416 g/mol. The Hall–Kier alpha value is -3.31. The van der Waals surface area contributed by atoms with Crippen molar-refractivity contribution in [2.24, 2.45) is 4.99 Å². The first kappa shape index (κ1) is 20.9. The molecule has 0 saturated heterocycles. The molecule has 5 nitrogen and oxygen atoms in total. The maximum Gasteiger partial charge on any atom is 0.162 e. The van der Waals surface area contributed by atoms with E-state index >= 15 is 0 Å². The summed E-state index contributed by atoms with van der Waals surface area (Å²) in [6.45, 7) is 4.48. The van der Waals surface area contributed by atoms with E-state index in [4.69, 9.17) is 14.5 Å². The average molecular weight is 417 g/mol. The zero-order valence-corrected chi connectivity index (χ0v) is 18.1. The van der Waals surface area contributed by atoms with E-state index in [1.165, 1.54) is 5.56 Å². The molecule has 0 aliphatic carbocycles. The zero-order valence-electron chi connectivity index (χ0n) is 18.1. The molecule has 1 aliphatic rings. The molecule has 0 radical (unpaired) electrons. The number of para-hydroxylation sites is 2. The van der Waals surface area contributed by atoms with Gasteiger partial charge in [0.2, 0.25) is 0 Å². The van der Waals surface area contributed by atoms with E-state index < -0.39 is 0 Å². The molecule has 5 heteroatoms. The van der Waals surface area contributed by atoms with Gasteiger partial charge in [-0.15, -0.1) is 0 Å². The normalized spacial score (nSPS) is 18.4. The van der Waals surface area contributed by atoms with E-state index in [2.05, 4.69) is 36.5 Å². The quantitative estimate of drug-likeness (QED) is 0.570. The van der Waals surface area contributed by atoms with Crippen LogP contribution < -0.4 is 14.8 Å². The number of phenolic OH excluding ortho intramolecular Hbond substituents is 1. The molecule has 3 aromatic rings. The van der Waals surface area contributed by atoms with Gasteiger partial charge in [-0.3, -0.25) is 10.3 Å². The van der Waals surface area contributed by atoms with Gasteiger partial charge in [0.05, 0.1) is 13.7 Å². The number of aryl methyl sites for hydroxylation is 1. The first-order valence-electron chi connectivity index (χ1n) is 10.6. The Labute approximate surface area is 183 Å². The fraction of sp³-hybridized carbons (Fsp3) is 0.269. The highest BCUT2D eigenvalue weighted by Gasteiger charge is 2.29.